The average Bonchev–Trinajstić information content (AvgIpc) is 2.63. The molecule has 0 radical (unpaired) electrons. The van der Waals surface area contributed by atoms with Crippen molar-refractivity contribution in [1.29, 1.82) is 0 Å². The molecular weight excluding hydrogens is 440 g/mol. The first-order valence-corrected chi connectivity index (χ1v) is 14.7. The molecular formula is C17H26AsClNO5P. The number of hydrogen-bond donors (Lipinski definition) is 0. The number of rotatable bonds is 8. The SMILES string of the molecule is CCOP(=O)(OCC)[AsH]C1CN(C(=O)OCc2ccccc2)CCC1Cl. The van der Waals surface area contributed by atoms with Gasteiger partial charge in [-0.05, 0) is 0 Å². The van der Waals surface area contributed by atoms with Gasteiger partial charge in [0.05, 0.1) is 0 Å². The minimum atomic E-state index is -3.08. The van der Waals surface area contributed by atoms with Crippen LogP contribution < -0.4 is 0 Å². The van der Waals surface area contributed by atoms with E-state index in [1.54, 1.807) is 18.7 Å². The Kier molecular flexibility index (Phi) is 8.99. The third-order valence-electron chi connectivity index (χ3n) is 3.91. The van der Waals surface area contributed by atoms with Crippen molar-refractivity contribution in [2.75, 3.05) is 26.3 Å². The molecule has 0 saturated carbocycles. The van der Waals surface area contributed by atoms with E-state index in [1.165, 1.54) is 0 Å². The number of halogens is 1. The maximum atomic E-state index is 12.8. The summed E-state index contributed by atoms with van der Waals surface area (Å²) in [6.07, 6.45) is -2.80. The molecule has 3 atom stereocenters. The number of alkyl halides is 1. The van der Waals surface area contributed by atoms with E-state index in [-0.39, 0.29) is 22.8 Å². The maximum absolute atomic E-state index is 12.8. The molecule has 6 nitrogen and oxygen atoms in total. The van der Waals surface area contributed by atoms with Crippen molar-refractivity contribution in [2.45, 2.75) is 37.0 Å². The average molecular weight is 466 g/mol. The van der Waals surface area contributed by atoms with Crippen molar-refractivity contribution in [3.63, 3.8) is 0 Å². The number of carbonyl (C=O) groups excluding carboxylic acids is 1. The van der Waals surface area contributed by atoms with E-state index in [0.29, 0.717) is 32.7 Å². The molecule has 1 saturated heterocycles. The number of piperidine rings is 1. The molecule has 0 aromatic heterocycles. The van der Waals surface area contributed by atoms with Crippen molar-refractivity contribution >= 4 is 39.1 Å². The summed E-state index contributed by atoms with van der Waals surface area (Å²) in [5, 5.41) is -0.123. The fourth-order valence-electron chi connectivity index (χ4n) is 2.68. The molecule has 1 amide bonds. The first kappa shape index (κ1) is 21.8. The minimum absolute atomic E-state index is 0.0429. The van der Waals surface area contributed by atoms with Crippen LogP contribution in [0.15, 0.2) is 30.3 Å². The molecule has 1 fully saturated rings. The van der Waals surface area contributed by atoms with Crippen LogP contribution in [-0.2, 0) is 25.0 Å². The van der Waals surface area contributed by atoms with Gasteiger partial charge in [0.1, 0.15) is 0 Å². The zero-order chi connectivity index (χ0) is 19.0. The van der Waals surface area contributed by atoms with E-state index in [2.05, 4.69) is 0 Å². The van der Waals surface area contributed by atoms with E-state index < -0.39 is 21.5 Å². The zero-order valence-corrected chi connectivity index (χ0v) is 18.8. The molecule has 3 unspecified atom stereocenters. The van der Waals surface area contributed by atoms with Crippen LogP contribution in [0.5, 0.6) is 0 Å². The van der Waals surface area contributed by atoms with Gasteiger partial charge in [-0.3, -0.25) is 0 Å². The van der Waals surface area contributed by atoms with Gasteiger partial charge < -0.3 is 0 Å². The van der Waals surface area contributed by atoms with Crippen LogP contribution in [0.2, 0.25) is 4.71 Å². The Morgan fingerprint density at radius 1 is 1.27 bits per heavy atom. The third-order valence-corrected chi connectivity index (χ3v) is 13.7. The van der Waals surface area contributed by atoms with Crippen molar-refractivity contribution < 1.29 is 23.1 Å². The summed E-state index contributed by atoms with van der Waals surface area (Å²) < 4.78 is 29.0. The van der Waals surface area contributed by atoms with E-state index in [9.17, 15) is 9.36 Å². The quantitative estimate of drug-likeness (QED) is 0.329. The molecule has 26 heavy (non-hydrogen) atoms. The van der Waals surface area contributed by atoms with Crippen molar-refractivity contribution in [1.82, 2.24) is 4.90 Å². The van der Waals surface area contributed by atoms with Gasteiger partial charge in [0.2, 0.25) is 0 Å². The van der Waals surface area contributed by atoms with Crippen LogP contribution in [0, 0.1) is 0 Å². The predicted octanol–water partition coefficient (Wildman–Crippen LogP) is 4.04. The number of benzene rings is 1. The Hall–Kier alpha value is -0.512. The molecule has 0 bridgehead atoms. The second-order valence-corrected chi connectivity index (χ2v) is 14.8. The fraction of sp³-hybridized carbons (Fsp3) is 0.588. The van der Waals surface area contributed by atoms with Crippen LogP contribution in [0.1, 0.15) is 25.8 Å². The number of ether oxygens (including phenoxy) is 1. The molecule has 1 aromatic rings. The van der Waals surface area contributed by atoms with Gasteiger partial charge in [0.15, 0.2) is 0 Å². The predicted molar refractivity (Wildman–Crippen MR) is 104 cm³/mol. The summed E-state index contributed by atoms with van der Waals surface area (Å²) in [7, 11) is 0. The molecule has 1 heterocycles. The van der Waals surface area contributed by atoms with Crippen LogP contribution in [0.4, 0.5) is 4.79 Å². The van der Waals surface area contributed by atoms with Crippen LogP contribution in [0.3, 0.4) is 0 Å². The first-order valence-electron chi connectivity index (χ1n) is 8.74. The zero-order valence-electron chi connectivity index (χ0n) is 15.1. The summed E-state index contributed by atoms with van der Waals surface area (Å²) in [6, 6.07) is 9.55. The van der Waals surface area contributed by atoms with Crippen LogP contribution >= 0.6 is 17.8 Å². The number of hydrogen-bond acceptors (Lipinski definition) is 5. The van der Waals surface area contributed by atoms with Crippen molar-refractivity contribution in [2.24, 2.45) is 0 Å². The molecule has 0 aliphatic carbocycles. The third kappa shape index (κ3) is 6.58. The molecule has 1 aliphatic rings. The van der Waals surface area contributed by atoms with Gasteiger partial charge in [-0.2, -0.15) is 0 Å². The Balaban J connectivity index is 1.93. The van der Waals surface area contributed by atoms with Crippen LogP contribution in [0.25, 0.3) is 0 Å². The van der Waals surface area contributed by atoms with Crippen molar-refractivity contribution in [3.8, 4) is 0 Å². The number of carbonyl (C=O) groups is 1. The number of amides is 1. The normalized spacial score (nSPS) is 21.3. The van der Waals surface area contributed by atoms with Gasteiger partial charge in [-0.25, -0.2) is 0 Å². The van der Waals surface area contributed by atoms with E-state index in [4.69, 9.17) is 25.4 Å². The second kappa shape index (κ2) is 10.7. The van der Waals surface area contributed by atoms with Crippen molar-refractivity contribution in [3.05, 3.63) is 35.9 Å². The number of nitrogens with zero attached hydrogens (tertiary/aromatic N) is 1. The van der Waals surface area contributed by atoms with Crippen LogP contribution in [-0.4, -0.2) is 58.0 Å². The van der Waals surface area contributed by atoms with E-state index >= 15 is 0 Å². The summed E-state index contributed by atoms with van der Waals surface area (Å²) in [5.74, 6) is 0. The number of likely N-dealkylation sites (tertiary alicyclic amines) is 1. The van der Waals surface area contributed by atoms with Gasteiger partial charge in [-0.15, -0.1) is 0 Å². The molecule has 2 rings (SSSR count). The van der Waals surface area contributed by atoms with Gasteiger partial charge in [0, 0.05) is 0 Å². The molecule has 0 N–H and O–H groups in total. The monoisotopic (exact) mass is 465 g/mol. The molecule has 1 aromatic carbocycles. The Bertz CT molecular complexity index is 610. The Morgan fingerprint density at radius 3 is 2.54 bits per heavy atom. The van der Waals surface area contributed by atoms with Gasteiger partial charge in [0.25, 0.3) is 0 Å². The second-order valence-electron chi connectivity index (χ2n) is 5.86. The van der Waals surface area contributed by atoms with E-state index in [1.807, 2.05) is 30.3 Å². The summed E-state index contributed by atoms with van der Waals surface area (Å²) in [4.78, 5) is 14.0. The summed E-state index contributed by atoms with van der Waals surface area (Å²) >= 11 is 5.32. The topological polar surface area (TPSA) is 65.1 Å². The molecule has 9 heteroatoms. The molecule has 0 spiro atoms. The Labute approximate surface area is 166 Å². The first-order chi connectivity index (χ1) is 12.5. The van der Waals surface area contributed by atoms with E-state index in [0.717, 1.165) is 5.56 Å². The fourth-order valence-corrected chi connectivity index (χ4v) is 12.7. The van der Waals surface area contributed by atoms with Gasteiger partial charge >= 0.3 is 166 Å². The summed E-state index contributed by atoms with van der Waals surface area (Å²) in [6.45, 7) is 5.47. The molecule has 1 aliphatic heterocycles. The standard InChI is InChI=1S/C17H26AsClNO5P/c1-3-24-26(22,25-4-2)18-15-12-20(11-10-16(15)19)17(21)23-13-14-8-6-5-7-9-14/h5-9,15-16,18H,3-4,10-13H2,1-2H3. The Morgan fingerprint density at radius 2 is 1.92 bits per heavy atom. The summed E-state index contributed by atoms with van der Waals surface area (Å²) in [5.41, 5.74) is 0.940. The van der Waals surface area contributed by atoms with Gasteiger partial charge in [-0.1, -0.05) is 0 Å². The molecule has 146 valence electrons.